The summed E-state index contributed by atoms with van der Waals surface area (Å²) in [5.41, 5.74) is 2.14. The lowest BCUT2D eigenvalue weighted by Crippen LogP contribution is -2.30. The number of amides is 1. The van der Waals surface area contributed by atoms with E-state index in [2.05, 4.69) is 5.32 Å². The molecule has 0 bridgehead atoms. The van der Waals surface area contributed by atoms with Gasteiger partial charge in [-0.15, -0.1) is 0 Å². The minimum Gasteiger partial charge on any atom is -0.449 e. The maximum Gasteiger partial charge on any atom is 0.338 e. The van der Waals surface area contributed by atoms with Crippen molar-refractivity contribution in [3.8, 4) is 6.07 Å². The van der Waals surface area contributed by atoms with Crippen LogP contribution in [0.3, 0.4) is 0 Å². The minimum absolute atomic E-state index is 0.373. The van der Waals surface area contributed by atoms with Crippen LogP contribution in [0.15, 0.2) is 48.5 Å². The highest BCUT2D eigenvalue weighted by atomic mass is 16.5. The first-order valence-electron chi connectivity index (χ1n) is 7.70. The molecule has 1 N–H and O–H groups in total. The first kappa shape index (κ1) is 18.0. The zero-order valence-corrected chi connectivity index (χ0v) is 14.3. The van der Waals surface area contributed by atoms with Gasteiger partial charge in [0, 0.05) is 25.5 Å². The molecule has 6 nitrogen and oxygen atoms in total. The van der Waals surface area contributed by atoms with Gasteiger partial charge in [0.25, 0.3) is 5.91 Å². The Kier molecular flexibility index (Phi) is 5.75. The lowest BCUT2D eigenvalue weighted by atomic mass is 10.2. The second kappa shape index (κ2) is 7.97. The third-order valence-electron chi connectivity index (χ3n) is 3.51. The van der Waals surface area contributed by atoms with Crippen LogP contribution in [0.5, 0.6) is 0 Å². The number of hydrogen-bond acceptors (Lipinski definition) is 5. The summed E-state index contributed by atoms with van der Waals surface area (Å²) in [6.07, 6.45) is -0.971. The average Bonchev–Trinajstić information content (AvgIpc) is 2.61. The fourth-order valence-corrected chi connectivity index (χ4v) is 2.10. The number of rotatable bonds is 5. The van der Waals surface area contributed by atoms with E-state index < -0.39 is 18.0 Å². The maximum atomic E-state index is 12.2. The molecular formula is C19H19N3O3. The van der Waals surface area contributed by atoms with E-state index in [4.69, 9.17) is 10.00 Å². The monoisotopic (exact) mass is 337 g/mol. The van der Waals surface area contributed by atoms with E-state index in [-0.39, 0.29) is 0 Å². The molecule has 0 aromatic heterocycles. The van der Waals surface area contributed by atoms with Crippen LogP contribution in [0.2, 0.25) is 0 Å². The highest BCUT2D eigenvalue weighted by molar-refractivity contribution is 5.97. The first-order valence-corrected chi connectivity index (χ1v) is 7.70. The number of nitriles is 1. The Hall–Kier alpha value is -3.33. The van der Waals surface area contributed by atoms with Crippen molar-refractivity contribution in [1.82, 2.24) is 0 Å². The highest BCUT2D eigenvalue weighted by Crippen LogP contribution is 2.15. The summed E-state index contributed by atoms with van der Waals surface area (Å²) >= 11 is 0. The molecule has 0 fully saturated rings. The van der Waals surface area contributed by atoms with Crippen LogP contribution in [-0.4, -0.2) is 32.1 Å². The Labute approximate surface area is 146 Å². The first-order chi connectivity index (χ1) is 11.9. The van der Waals surface area contributed by atoms with Gasteiger partial charge >= 0.3 is 5.97 Å². The van der Waals surface area contributed by atoms with E-state index in [1.54, 1.807) is 42.5 Å². The summed E-state index contributed by atoms with van der Waals surface area (Å²) < 4.78 is 5.23. The van der Waals surface area contributed by atoms with Crippen LogP contribution in [0.1, 0.15) is 22.8 Å². The topological polar surface area (TPSA) is 82.4 Å². The molecule has 6 heteroatoms. The number of carbonyl (C=O) groups excluding carboxylic acids is 2. The summed E-state index contributed by atoms with van der Waals surface area (Å²) in [4.78, 5) is 26.3. The zero-order valence-electron chi connectivity index (χ0n) is 14.3. The van der Waals surface area contributed by atoms with Gasteiger partial charge in [-0.1, -0.05) is 12.1 Å². The molecule has 128 valence electrons. The second-order valence-corrected chi connectivity index (χ2v) is 5.67. The predicted molar refractivity (Wildman–Crippen MR) is 95.4 cm³/mol. The highest BCUT2D eigenvalue weighted by Gasteiger charge is 2.19. The summed E-state index contributed by atoms with van der Waals surface area (Å²) in [6.45, 7) is 1.50. The Morgan fingerprint density at radius 2 is 1.88 bits per heavy atom. The van der Waals surface area contributed by atoms with Crippen LogP contribution in [-0.2, 0) is 9.53 Å². The SMILES string of the molecule is C[C@@H](OC(=O)c1cccc(N(C)C)c1)C(=O)Nc1cccc(C#N)c1. The molecule has 25 heavy (non-hydrogen) atoms. The fraction of sp³-hybridized carbons (Fsp3) is 0.211. The van der Waals surface area contributed by atoms with Crippen LogP contribution >= 0.6 is 0 Å². The maximum absolute atomic E-state index is 12.2. The third-order valence-corrected chi connectivity index (χ3v) is 3.51. The van der Waals surface area contributed by atoms with Crippen molar-refractivity contribution >= 4 is 23.3 Å². The van der Waals surface area contributed by atoms with Gasteiger partial charge in [-0.3, -0.25) is 4.79 Å². The standard InChI is InChI=1S/C19H19N3O3/c1-13(18(23)21-16-8-4-6-14(10-16)12-20)25-19(24)15-7-5-9-17(11-15)22(2)3/h4-11,13H,1-3H3,(H,21,23)/t13-/m1/s1. The van der Waals surface area contributed by atoms with Crippen molar-refractivity contribution in [3.63, 3.8) is 0 Å². The minimum atomic E-state index is -0.971. The molecule has 0 unspecified atom stereocenters. The van der Waals surface area contributed by atoms with E-state index >= 15 is 0 Å². The molecule has 0 aliphatic heterocycles. The molecule has 0 heterocycles. The number of nitrogens with one attached hydrogen (secondary N) is 1. The van der Waals surface area contributed by atoms with E-state index in [0.717, 1.165) is 5.69 Å². The van der Waals surface area contributed by atoms with Crippen molar-refractivity contribution in [3.05, 3.63) is 59.7 Å². The number of hydrogen-bond donors (Lipinski definition) is 1. The van der Waals surface area contributed by atoms with Crippen molar-refractivity contribution in [2.45, 2.75) is 13.0 Å². The van der Waals surface area contributed by atoms with Gasteiger partial charge in [-0.25, -0.2) is 4.79 Å². The van der Waals surface area contributed by atoms with Crippen molar-refractivity contribution in [2.24, 2.45) is 0 Å². The quantitative estimate of drug-likeness (QED) is 0.848. The van der Waals surface area contributed by atoms with Crippen LogP contribution in [0.4, 0.5) is 11.4 Å². The van der Waals surface area contributed by atoms with Gasteiger partial charge in [0.05, 0.1) is 17.2 Å². The van der Waals surface area contributed by atoms with Crippen molar-refractivity contribution in [1.29, 1.82) is 5.26 Å². The smallest absolute Gasteiger partial charge is 0.338 e. The lowest BCUT2D eigenvalue weighted by molar-refractivity contribution is -0.123. The zero-order chi connectivity index (χ0) is 18.4. The van der Waals surface area contributed by atoms with Gasteiger partial charge in [-0.2, -0.15) is 5.26 Å². The van der Waals surface area contributed by atoms with E-state index in [1.807, 2.05) is 31.1 Å². The van der Waals surface area contributed by atoms with E-state index in [9.17, 15) is 9.59 Å². The molecule has 0 aliphatic carbocycles. The van der Waals surface area contributed by atoms with Gasteiger partial charge in [0.15, 0.2) is 6.10 Å². The van der Waals surface area contributed by atoms with E-state index in [0.29, 0.717) is 16.8 Å². The van der Waals surface area contributed by atoms with Crippen molar-refractivity contribution < 1.29 is 14.3 Å². The number of ether oxygens (including phenoxy) is 1. The van der Waals surface area contributed by atoms with Gasteiger partial charge in [-0.05, 0) is 43.3 Å². The van der Waals surface area contributed by atoms with Crippen LogP contribution in [0.25, 0.3) is 0 Å². The molecule has 2 rings (SSSR count). The normalized spacial score (nSPS) is 11.1. The molecule has 0 spiro atoms. The Morgan fingerprint density at radius 1 is 1.16 bits per heavy atom. The number of nitrogens with zero attached hydrogens (tertiary/aromatic N) is 2. The third kappa shape index (κ3) is 4.82. The number of carbonyl (C=O) groups is 2. The largest absolute Gasteiger partial charge is 0.449 e. The second-order valence-electron chi connectivity index (χ2n) is 5.67. The molecule has 0 aliphatic rings. The summed E-state index contributed by atoms with van der Waals surface area (Å²) in [7, 11) is 3.74. The summed E-state index contributed by atoms with van der Waals surface area (Å²) in [5, 5.41) is 11.5. The summed E-state index contributed by atoms with van der Waals surface area (Å²) in [6, 6.07) is 15.5. The number of benzene rings is 2. The van der Waals surface area contributed by atoms with Gasteiger partial charge in [0.2, 0.25) is 0 Å². The molecule has 1 amide bonds. The predicted octanol–water partition coefficient (Wildman–Crippen LogP) is 2.81. The molecule has 0 saturated heterocycles. The Morgan fingerprint density at radius 3 is 2.56 bits per heavy atom. The Balaban J connectivity index is 2.01. The molecule has 2 aromatic rings. The lowest BCUT2D eigenvalue weighted by Gasteiger charge is -2.15. The fourth-order valence-electron chi connectivity index (χ4n) is 2.10. The summed E-state index contributed by atoms with van der Waals surface area (Å²) in [5.74, 6) is -1.04. The molecule has 1 atom stereocenters. The molecule has 0 saturated carbocycles. The van der Waals surface area contributed by atoms with Gasteiger partial charge < -0.3 is 15.0 Å². The molecule has 2 aromatic carbocycles. The Bertz CT molecular complexity index is 825. The number of anilines is 2. The van der Waals surface area contributed by atoms with Crippen LogP contribution < -0.4 is 10.2 Å². The molecule has 0 radical (unpaired) electrons. The van der Waals surface area contributed by atoms with Crippen molar-refractivity contribution in [2.75, 3.05) is 24.3 Å². The molecular weight excluding hydrogens is 318 g/mol. The van der Waals surface area contributed by atoms with E-state index in [1.165, 1.54) is 6.92 Å². The average molecular weight is 337 g/mol. The van der Waals surface area contributed by atoms with Crippen LogP contribution in [0, 0.1) is 11.3 Å². The number of esters is 1. The van der Waals surface area contributed by atoms with Gasteiger partial charge in [0.1, 0.15) is 0 Å².